The zero-order valence-electron chi connectivity index (χ0n) is 10.2. The maximum Gasteiger partial charge on any atom is 0.167 e. The van der Waals surface area contributed by atoms with E-state index >= 15 is 0 Å². The molecule has 98 valence electrons. The third-order valence-corrected chi connectivity index (χ3v) is 3.14. The molecule has 0 fully saturated rings. The third-order valence-electron chi connectivity index (χ3n) is 2.84. The highest BCUT2D eigenvalue weighted by atomic mass is 35.5. The van der Waals surface area contributed by atoms with Gasteiger partial charge in [0.15, 0.2) is 5.78 Å². The summed E-state index contributed by atoms with van der Waals surface area (Å²) in [4.78, 5) is 12.1. The van der Waals surface area contributed by atoms with Crippen molar-refractivity contribution in [1.29, 1.82) is 0 Å². The van der Waals surface area contributed by atoms with Crippen molar-refractivity contribution in [3.05, 3.63) is 69.7 Å². The molecule has 0 aliphatic heterocycles. The standard InChI is InChI=1S/C15H11ClF2O/c1-9-6-11(17)3-4-12(9)15(19)8-10-2-5-13(16)14(18)7-10/h2-7H,8H2,1H3. The Kier molecular flexibility index (Phi) is 3.96. The fraction of sp³-hybridized carbons (Fsp3) is 0.133. The van der Waals surface area contributed by atoms with E-state index in [-0.39, 0.29) is 23.0 Å². The van der Waals surface area contributed by atoms with Crippen LogP contribution >= 0.6 is 11.6 Å². The number of carbonyl (C=O) groups is 1. The van der Waals surface area contributed by atoms with Gasteiger partial charge in [-0.1, -0.05) is 17.7 Å². The number of hydrogen-bond donors (Lipinski definition) is 0. The monoisotopic (exact) mass is 280 g/mol. The highest BCUT2D eigenvalue weighted by molar-refractivity contribution is 6.30. The van der Waals surface area contributed by atoms with E-state index in [1.807, 2.05) is 0 Å². The van der Waals surface area contributed by atoms with E-state index in [0.29, 0.717) is 16.7 Å². The van der Waals surface area contributed by atoms with Crippen LogP contribution in [0.25, 0.3) is 0 Å². The molecule has 0 aliphatic rings. The second-order valence-corrected chi connectivity index (χ2v) is 4.71. The van der Waals surface area contributed by atoms with Gasteiger partial charge in [-0.2, -0.15) is 0 Å². The van der Waals surface area contributed by atoms with Crippen LogP contribution in [0.2, 0.25) is 5.02 Å². The Hall–Kier alpha value is -1.74. The van der Waals surface area contributed by atoms with Gasteiger partial charge in [-0.05, 0) is 48.4 Å². The molecular formula is C15H11ClF2O. The Morgan fingerprint density at radius 3 is 2.53 bits per heavy atom. The largest absolute Gasteiger partial charge is 0.294 e. The Morgan fingerprint density at radius 1 is 1.16 bits per heavy atom. The van der Waals surface area contributed by atoms with Crippen LogP contribution in [0.3, 0.4) is 0 Å². The summed E-state index contributed by atoms with van der Waals surface area (Å²) in [7, 11) is 0. The first-order chi connectivity index (χ1) is 8.97. The number of hydrogen-bond acceptors (Lipinski definition) is 1. The molecule has 0 atom stereocenters. The average Bonchev–Trinajstić information content (AvgIpc) is 2.33. The number of ketones is 1. The van der Waals surface area contributed by atoms with Crippen molar-refractivity contribution in [3.8, 4) is 0 Å². The molecule has 1 nitrogen and oxygen atoms in total. The van der Waals surface area contributed by atoms with Crippen LogP contribution in [0.15, 0.2) is 36.4 Å². The molecular weight excluding hydrogens is 270 g/mol. The van der Waals surface area contributed by atoms with Gasteiger partial charge in [0.25, 0.3) is 0 Å². The van der Waals surface area contributed by atoms with Crippen LogP contribution in [0, 0.1) is 18.6 Å². The molecule has 2 rings (SSSR count). The van der Waals surface area contributed by atoms with Crippen molar-refractivity contribution in [2.24, 2.45) is 0 Å². The fourth-order valence-corrected chi connectivity index (χ4v) is 1.99. The van der Waals surface area contributed by atoms with E-state index in [4.69, 9.17) is 11.6 Å². The normalized spacial score (nSPS) is 10.5. The lowest BCUT2D eigenvalue weighted by Gasteiger charge is -2.06. The molecule has 19 heavy (non-hydrogen) atoms. The molecule has 0 bridgehead atoms. The molecule has 0 amide bonds. The van der Waals surface area contributed by atoms with Gasteiger partial charge in [0.1, 0.15) is 11.6 Å². The summed E-state index contributed by atoms with van der Waals surface area (Å²) in [6.07, 6.45) is 0.0561. The maximum absolute atomic E-state index is 13.3. The zero-order valence-corrected chi connectivity index (χ0v) is 11.0. The first-order valence-corrected chi connectivity index (χ1v) is 6.08. The molecule has 0 aromatic heterocycles. The summed E-state index contributed by atoms with van der Waals surface area (Å²) < 4.78 is 26.2. The van der Waals surface area contributed by atoms with E-state index in [0.717, 1.165) is 0 Å². The van der Waals surface area contributed by atoms with Crippen LogP contribution in [-0.4, -0.2) is 5.78 Å². The van der Waals surface area contributed by atoms with E-state index in [1.165, 1.54) is 30.3 Å². The van der Waals surface area contributed by atoms with Gasteiger partial charge in [-0.25, -0.2) is 8.78 Å². The van der Waals surface area contributed by atoms with Gasteiger partial charge in [-0.15, -0.1) is 0 Å². The van der Waals surface area contributed by atoms with E-state index in [9.17, 15) is 13.6 Å². The van der Waals surface area contributed by atoms with Crippen LogP contribution in [0.4, 0.5) is 8.78 Å². The lowest BCUT2D eigenvalue weighted by atomic mass is 9.99. The number of aryl methyl sites for hydroxylation is 1. The maximum atomic E-state index is 13.3. The quantitative estimate of drug-likeness (QED) is 0.764. The molecule has 0 N–H and O–H groups in total. The van der Waals surface area contributed by atoms with Gasteiger partial charge in [0.05, 0.1) is 5.02 Å². The molecule has 0 heterocycles. The molecule has 0 radical (unpaired) electrons. The van der Waals surface area contributed by atoms with E-state index < -0.39 is 5.82 Å². The zero-order chi connectivity index (χ0) is 14.0. The van der Waals surface area contributed by atoms with Crippen LogP contribution in [0.5, 0.6) is 0 Å². The first kappa shape index (κ1) is 13.7. The third kappa shape index (κ3) is 3.18. The molecule has 2 aromatic rings. The molecule has 0 saturated carbocycles. The first-order valence-electron chi connectivity index (χ1n) is 5.70. The van der Waals surface area contributed by atoms with Gasteiger partial charge in [0, 0.05) is 12.0 Å². The number of rotatable bonds is 3. The minimum Gasteiger partial charge on any atom is -0.294 e. The summed E-state index contributed by atoms with van der Waals surface area (Å²) in [5, 5.41) is 0.0224. The van der Waals surface area contributed by atoms with Crippen molar-refractivity contribution < 1.29 is 13.6 Å². The topological polar surface area (TPSA) is 17.1 Å². The average molecular weight is 281 g/mol. The number of halogens is 3. The van der Waals surface area contributed by atoms with Crippen molar-refractivity contribution in [3.63, 3.8) is 0 Å². The smallest absolute Gasteiger partial charge is 0.167 e. The second-order valence-electron chi connectivity index (χ2n) is 4.31. The predicted octanol–water partition coefficient (Wildman–Crippen LogP) is 4.35. The Labute approximate surface area is 114 Å². The number of carbonyl (C=O) groups excluding carboxylic acids is 1. The molecule has 0 unspecified atom stereocenters. The number of benzene rings is 2. The van der Waals surface area contributed by atoms with Crippen LogP contribution < -0.4 is 0 Å². The lowest BCUT2D eigenvalue weighted by Crippen LogP contribution is -2.06. The molecule has 0 saturated heterocycles. The Bertz CT molecular complexity index is 638. The van der Waals surface area contributed by atoms with Crippen molar-refractivity contribution in [2.45, 2.75) is 13.3 Å². The molecule has 2 aromatic carbocycles. The highest BCUT2D eigenvalue weighted by Crippen LogP contribution is 2.18. The second kappa shape index (κ2) is 5.49. The summed E-state index contributed by atoms with van der Waals surface area (Å²) in [5.41, 5.74) is 1.55. The Morgan fingerprint density at radius 2 is 1.89 bits per heavy atom. The molecule has 0 aliphatic carbocycles. The molecule has 4 heteroatoms. The van der Waals surface area contributed by atoms with Crippen LogP contribution in [0.1, 0.15) is 21.5 Å². The van der Waals surface area contributed by atoms with Gasteiger partial charge >= 0.3 is 0 Å². The minimum absolute atomic E-state index is 0.0224. The SMILES string of the molecule is Cc1cc(F)ccc1C(=O)Cc1ccc(Cl)c(F)c1. The summed E-state index contributed by atoms with van der Waals surface area (Å²) in [6, 6.07) is 8.23. The van der Waals surface area contributed by atoms with E-state index in [1.54, 1.807) is 13.0 Å². The minimum atomic E-state index is -0.553. The van der Waals surface area contributed by atoms with Gasteiger partial charge in [-0.3, -0.25) is 4.79 Å². The lowest BCUT2D eigenvalue weighted by molar-refractivity contribution is 0.0992. The predicted molar refractivity (Wildman–Crippen MR) is 70.6 cm³/mol. The van der Waals surface area contributed by atoms with Crippen LogP contribution in [-0.2, 0) is 6.42 Å². The summed E-state index contributed by atoms with van der Waals surface area (Å²) in [5.74, 6) is -1.12. The fourth-order valence-electron chi connectivity index (χ4n) is 1.87. The summed E-state index contributed by atoms with van der Waals surface area (Å²) in [6.45, 7) is 1.67. The highest BCUT2D eigenvalue weighted by Gasteiger charge is 2.11. The Balaban J connectivity index is 2.23. The number of Topliss-reactive ketones (excluding diaryl/α,β-unsaturated/α-hetero) is 1. The molecule has 0 spiro atoms. The van der Waals surface area contributed by atoms with Crippen molar-refractivity contribution in [1.82, 2.24) is 0 Å². The van der Waals surface area contributed by atoms with Gasteiger partial charge in [0.2, 0.25) is 0 Å². The van der Waals surface area contributed by atoms with Crippen molar-refractivity contribution in [2.75, 3.05) is 0 Å². The van der Waals surface area contributed by atoms with E-state index in [2.05, 4.69) is 0 Å². The summed E-state index contributed by atoms with van der Waals surface area (Å²) >= 11 is 5.58. The van der Waals surface area contributed by atoms with Gasteiger partial charge < -0.3 is 0 Å². The van der Waals surface area contributed by atoms with Crippen molar-refractivity contribution >= 4 is 17.4 Å².